The van der Waals surface area contributed by atoms with Crippen LogP contribution in [-0.2, 0) is 13.0 Å². The van der Waals surface area contributed by atoms with Gasteiger partial charge in [-0.05, 0) is 18.6 Å². The molecule has 1 aromatic carbocycles. The third kappa shape index (κ3) is 3.75. The number of rotatable bonds is 6. The summed E-state index contributed by atoms with van der Waals surface area (Å²) in [6, 6.07) is 4.43. The number of halogens is 1. The van der Waals surface area contributed by atoms with Crippen molar-refractivity contribution in [2.45, 2.75) is 19.9 Å². The molecule has 20 heavy (non-hydrogen) atoms. The Balaban J connectivity index is 1.83. The predicted octanol–water partition coefficient (Wildman–Crippen LogP) is 2.27. The molecule has 0 aliphatic carbocycles. The number of nitro groups is 1. The van der Waals surface area contributed by atoms with Gasteiger partial charge in [-0.2, -0.15) is 4.98 Å². The minimum atomic E-state index is -0.471. The van der Waals surface area contributed by atoms with Crippen LogP contribution in [0.3, 0.4) is 0 Å². The lowest BCUT2D eigenvalue weighted by Crippen LogP contribution is -2.17. The molecule has 0 aliphatic rings. The maximum absolute atomic E-state index is 10.6. The van der Waals surface area contributed by atoms with Gasteiger partial charge in [0.25, 0.3) is 5.69 Å². The summed E-state index contributed by atoms with van der Waals surface area (Å²) in [5.41, 5.74) is 0.791. The van der Waals surface area contributed by atoms with E-state index in [2.05, 4.69) is 15.5 Å². The fourth-order valence-corrected chi connectivity index (χ4v) is 1.89. The van der Waals surface area contributed by atoms with Crippen molar-refractivity contribution in [3.63, 3.8) is 0 Å². The largest absolute Gasteiger partial charge is 0.339 e. The van der Waals surface area contributed by atoms with Gasteiger partial charge in [-0.15, -0.1) is 0 Å². The normalized spacial score (nSPS) is 10.7. The lowest BCUT2D eigenvalue weighted by atomic mass is 10.2. The molecular formula is C12H13ClN4O3. The van der Waals surface area contributed by atoms with Gasteiger partial charge in [0, 0.05) is 31.6 Å². The molecule has 7 nitrogen and oxygen atoms in total. The van der Waals surface area contributed by atoms with Crippen molar-refractivity contribution in [3.8, 4) is 0 Å². The molecule has 2 aromatic rings. The summed E-state index contributed by atoms with van der Waals surface area (Å²) < 4.78 is 4.98. The average Bonchev–Trinajstić information content (AvgIpc) is 2.81. The van der Waals surface area contributed by atoms with Crippen LogP contribution in [0.2, 0.25) is 5.02 Å². The number of aryl methyl sites for hydroxylation is 1. The Kier molecular flexibility index (Phi) is 4.65. The van der Waals surface area contributed by atoms with E-state index in [1.807, 2.05) is 0 Å². The van der Waals surface area contributed by atoms with Gasteiger partial charge in [0.1, 0.15) is 0 Å². The number of hydrogen-bond donors (Lipinski definition) is 1. The second-order valence-electron chi connectivity index (χ2n) is 4.19. The second kappa shape index (κ2) is 6.44. The first-order valence-corrected chi connectivity index (χ1v) is 6.37. The molecule has 0 spiro atoms. The number of aromatic nitrogens is 2. The van der Waals surface area contributed by atoms with Gasteiger partial charge < -0.3 is 9.84 Å². The molecule has 0 radical (unpaired) electrons. The van der Waals surface area contributed by atoms with Crippen LogP contribution in [0, 0.1) is 17.0 Å². The average molecular weight is 297 g/mol. The van der Waals surface area contributed by atoms with Gasteiger partial charge in [-0.25, -0.2) is 0 Å². The topological polar surface area (TPSA) is 94.1 Å². The first-order chi connectivity index (χ1) is 9.56. The molecule has 1 aromatic heterocycles. The third-order valence-corrected chi connectivity index (χ3v) is 3.00. The van der Waals surface area contributed by atoms with E-state index in [0.717, 1.165) is 5.56 Å². The summed E-state index contributed by atoms with van der Waals surface area (Å²) in [6.07, 6.45) is 0.617. The maximum atomic E-state index is 10.6. The van der Waals surface area contributed by atoms with E-state index in [0.29, 0.717) is 36.2 Å². The summed E-state index contributed by atoms with van der Waals surface area (Å²) in [5.74, 6) is 1.18. The van der Waals surface area contributed by atoms with E-state index in [9.17, 15) is 10.1 Å². The molecule has 0 saturated heterocycles. The van der Waals surface area contributed by atoms with Crippen LogP contribution < -0.4 is 5.32 Å². The fourth-order valence-electron chi connectivity index (χ4n) is 1.65. The van der Waals surface area contributed by atoms with Crippen LogP contribution in [0.25, 0.3) is 0 Å². The maximum Gasteiger partial charge on any atom is 0.270 e. The minimum absolute atomic E-state index is 0.0138. The molecule has 0 saturated carbocycles. The fraction of sp³-hybridized carbons (Fsp3) is 0.333. The van der Waals surface area contributed by atoms with E-state index >= 15 is 0 Å². The van der Waals surface area contributed by atoms with Crippen LogP contribution in [0.1, 0.15) is 17.3 Å². The van der Waals surface area contributed by atoms with Gasteiger partial charge in [-0.1, -0.05) is 16.8 Å². The van der Waals surface area contributed by atoms with E-state index in [1.54, 1.807) is 13.0 Å². The molecule has 1 N–H and O–H groups in total. The first-order valence-electron chi connectivity index (χ1n) is 5.99. The van der Waals surface area contributed by atoms with Crippen molar-refractivity contribution in [2.75, 3.05) is 6.54 Å². The highest BCUT2D eigenvalue weighted by atomic mass is 35.5. The highest BCUT2D eigenvalue weighted by Crippen LogP contribution is 2.22. The van der Waals surface area contributed by atoms with Crippen LogP contribution in [-0.4, -0.2) is 21.6 Å². The zero-order valence-corrected chi connectivity index (χ0v) is 11.6. The highest BCUT2D eigenvalue weighted by Gasteiger charge is 2.09. The molecule has 0 amide bonds. The minimum Gasteiger partial charge on any atom is -0.339 e. The number of nitro benzene ring substituents is 1. The zero-order valence-electron chi connectivity index (χ0n) is 10.8. The number of benzene rings is 1. The summed E-state index contributed by atoms with van der Waals surface area (Å²) in [5, 5.41) is 17.8. The molecule has 0 bridgehead atoms. The number of nitrogens with zero attached hydrogens (tertiary/aromatic N) is 3. The number of non-ortho nitro benzene ring substituents is 1. The Hall–Kier alpha value is -1.99. The Morgan fingerprint density at radius 3 is 2.90 bits per heavy atom. The van der Waals surface area contributed by atoms with Crippen molar-refractivity contribution < 1.29 is 9.45 Å². The van der Waals surface area contributed by atoms with E-state index < -0.39 is 4.92 Å². The molecule has 2 rings (SSSR count). The van der Waals surface area contributed by atoms with Gasteiger partial charge in [0.05, 0.1) is 9.95 Å². The lowest BCUT2D eigenvalue weighted by Gasteiger charge is -2.05. The molecular weight excluding hydrogens is 284 g/mol. The van der Waals surface area contributed by atoms with Crippen molar-refractivity contribution >= 4 is 17.3 Å². The Morgan fingerprint density at radius 2 is 2.30 bits per heavy atom. The Labute approximate surface area is 120 Å². The summed E-state index contributed by atoms with van der Waals surface area (Å²) in [7, 11) is 0. The molecule has 8 heteroatoms. The quantitative estimate of drug-likeness (QED) is 0.499. The van der Waals surface area contributed by atoms with Crippen LogP contribution in [0.5, 0.6) is 0 Å². The molecule has 106 valence electrons. The van der Waals surface area contributed by atoms with Crippen molar-refractivity contribution in [1.82, 2.24) is 15.5 Å². The van der Waals surface area contributed by atoms with Crippen LogP contribution >= 0.6 is 11.6 Å². The smallest absolute Gasteiger partial charge is 0.270 e. The molecule has 0 unspecified atom stereocenters. The van der Waals surface area contributed by atoms with Crippen molar-refractivity contribution in [1.29, 1.82) is 0 Å². The monoisotopic (exact) mass is 296 g/mol. The number of hydrogen-bond acceptors (Lipinski definition) is 6. The van der Waals surface area contributed by atoms with Crippen LogP contribution in [0.4, 0.5) is 5.69 Å². The molecule has 0 atom stereocenters. The summed E-state index contributed by atoms with van der Waals surface area (Å²) in [4.78, 5) is 14.2. The highest BCUT2D eigenvalue weighted by molar-refractivity contribution is 6.31. The zero-order chi connectivity index (χ0) is 14.5. The van der Waals surface area contributed by atoms with Crippen LogP contribution in [0.15, 0.2) is 22.7 Å². The molecule has 0 aliphatic heterocycles. The number of nitrogens with one attached hydrogen (secondary N) is 1. The second-order valence-corrected chi connectivity index (χ2v) is 4.60. The van der Waals surface area contributed by atoms with E-state index in [-0.39, 0.29) is 5.69 Å². The summed E-state index contributed by atoms with van der Waals surface area (Å²) in [6.45, 7) is 2.93. The molecule has 1 heterocycles. The third-order valence-electron chi connectivity index (χ3n) is 2.65. The van der Waals surface area contributed by atoms with E-state index in [4.69, 9.17) is 16.1 Å². The van der Waals surface area contributed by atoms with Gasteiger partial charge in [-0.3, -0.25) is 10.1 Å². The van der Waals surface area contributed by atoms with E-state index in [1.165, 1.54) is 12.1 Å². The SMILES string of the molecule is Cc1noc(CCNCc2ccc([N+](=O)[O-])cc2Cl)n1. The Morgan fingerprint density at radius 1 is 1.50 bits per heavy atom. The van der Waals surface area contributed by atoms with Crippen molar-refractivity contribution in [2.24, 2.45) is 0 Å². The van der Waals surface area contributed by atoms with Gasteiger partial charge >= 0.3 is 0 Å². The predicted molar refractivity (Wildman–Crippen MR) is 72.6 cm³/mol. The summed E-state index contributed by atoms with van der Waals surface area (Å²) >= 11 is 5.99. The lowest BCUT2D eigenvalue weighted by molar-refractivity contribution is -0.384. The molecule has 0 fully saturated rings. The van der Waals surface area contributed by atoms with Gasteiger partial charge in [0.15, 0.2) is 5.82 Å². The standard InChI is InChI=1S/C12H13ClN4O3/c1-8-15-12(20-16-8)4-5-14-7-9-2-3-10(17(18)19)6-11(9)13/h2-3,6,14H,4-5,7H2,1H3. The first kappa shape index (κ1) is 14.4. The van der Waals surface area contributed by atoms with Crippen molar-refractivity contribution in [3.05, 3.63) is 50.6 Å². The van der Waals surface area contributed by atoms with Gasteiger partial charge in [0.2, 0.25) is 5.89 Å². The Bertz CT molecular complexity index is 614.